The van der Waals surface area contributed by atoms with Crippen LogP contribution in [0.15, 0.2) is 24.3 Å². The molecular weight excluding hydrogens is 356 g/mol. The molecule has 2 atom stereocenters. The third-order valence-electron chi connectivity index (χ3n) is 5.43. The van der Waals surface area contributed by atoms with Crippen LogP contribution in [0.25, 0.3) is 0 Å². The molecule has 1 heterocycles. The van der Waals surface area contributed by atoms with E-state index >= 15 is 0 Å². The maximum atomic E-state index is 13.0. The molecule has 7 nitrogen and oxygen atoms in total. The minimum Gasteiger partial charge on any atom is -0.336 e. The Kier molecular flexibility index (Phi) is 6.13. The van der Waals surface area contributed by atoms with Gasteiger partial charge in [-0.1, -0.05) is 51.5 Å². The SMILES string of the molecule is CCCc1ccc([C@]2(C)NC(=O)N(CC(=O)N[C@](C)(C#N)C(C)C)C2=O)cc1. The number of aryl methyl sites for hydroxylation is 1. The molecular formula is C21H28N4O3. The van der Waals surface area contributed by atoms with Gasteiger partial charge in [-0.15, -0.1) is 0 Å². The van der Waals surface area contributed by atoms with Crippen molar-refractivity contribution in [2.45, 2.75) is 58.5 Å². The molecule has 0 bridgehead atoms. The van der Waals surface area contributed by atoms with Crippen LogP contribution in [-0.2, 0) is 21.5 Å². The van der Waals surface area contributed by atoms with Crippen molar-refractivity contribution in [2.24, 2.45) is 5.92 Å². The zero-order valence-electron chi connectivity index (χ0n) is 17.1. The number of hydrogen-bond donors (Lipinski definition) is 2. The second kappa shape index (κ2) is 8.01. The summed E-state index contributed by atoms with van der Waals surface area (Å²) < 4.78 is 0. The second-order valence-electron chi connectivity index (χ2n) is 7.91. The monoisotopic (exact) mass is 384 g/mol. The normalized spacial score (nSPS) is 21.2. The van der Waals surface area contributed by atoms with Gasteiger partial charge < -0.3 is 10.6 Å². The van der Waals surface area contributed by atoms with Gasteiger partial charge in [-0.05, 0) is 37.3 Å². The average Bonchev–Trinajstić information content (AvgIpc) is 2.86. The highest BCUT2D eigenvalue weighted by Crippen LogP contribution is 2.29. The van der Waals surface area contributed by atoms with E-state index in [4.69, 9.17) is 0 Å². The third kappa shape index (κ3) is 4.01. The van der Waals surface area contributed by atoms with Crippen LogP contribution in [0.4, 0.5) is 4.79 Å². The van der Waals surface area contributed by atoms with Crippen LogP contribution in [0.3, 0.4) is 0 Å². The number of nitrogens with one attached hydrogen (secondary N) is 2. The van der Waals surface area contributed by atoms with Gasteiger partial charge in [0, 0.05) is 0 Å². The lowest BCUT2D eigenvalue weighted by atomic mass is 9.90. The number of carbonyl (C=O) groups is 3. The zero-order valence-corrected chi connectivity index (χ0v) is 17.1. The first-order valence-electron chi connectivity index (χ1n) is 9.53. The molecule has 7 heteroatoms. The first kappa shape index (κ1) is 21.4. The molecule has 4 amide bonds. The summed E-state index contributed by atoms with van der Waals surface area (Å²) in [6.45, 7) is 8.54. The van der Waals surface area contributed by atoms with E-state index in [1.54, 1.807) is 13.8 Å². The van der Waals surface area contributed by atoms with E-state index < -0.39 is 35.5 Å². The number of nitrogens with zero attached hydrogens (tertiary/aromatic N) is 2. The van der Waals surface area contributed by atoms with E-state index in [2.05, 4.69) is 23.6 Å². The van der Waals surface area contributed by atoms with Crippen molar-refractivity contribution in [1.82, 2.24) is 15.5 Å². The lowest BCUT2D eigenvalue weighted by Crippen LogP contribution is -2.52. The Balaban J connectivity index is 2.16. The molecule has 2 rings (SSSR count). The summed E-state index contributed by atoms with van der Waals surface area (Å²) >= 11 is 0. The number of carbonyl (C=O) groups excluding carboxylic acids is 3. The second-order valence-corrected chi connectivity index (χ2v) is 7.91. The zero-order chi connectivity index (χ0) is 21.1. The number of benzene rings is 1. The number of urea groups is 1. The summed E-state index contributed by atoms with van der Waals surface area (Å²) in [5.74, 6) is -1.17. The molecule has 1 fully saturated rings. The number of nitriles is 1. The van der Waals surface area contributed by atoms with E-state index in [0.29, 0.717) is 5.56 Å². The Bertz CT molecular complexity index is 812. The van der Waals surface area contributed by atoms with E-state index in [-0.39, 0.29) is 5.92 Å². The fourth-order valence-electron chi connectivity index (χ4n) is 3.10. The number of amides is 4. The van der Waals surface area contributed by atoms with Gasteiger partial charge in [-0.2, -0.15) is 5.26 Å². The molecule has 1 aromatic rings. The van der Waals surface area contributed by atoms with Crippen LogP contribution < -0.4 is 10.6 Å². The van der Waals surface area contributed by atoms with Gasteiger partial charge in [0.25, 0.3) is 5.91 Å². The van der Waals surface area contributed by atoms with Gasteiger partial charge >= 0.3 is 6.03 Å². The molecule has 2 N–H and O–H groups in total. The van der Waals surface area contributed by atoms with Crippen LogP contribution >= 0.6 is 0 Å². The Hall–Kier alpha value is -2.88. The summed E-state index contributed by atoms with van der Waals surface area (Å²) in [6, 6.07) is 9.01. The van der Waals surface area contributed by atoms with Gasteiger partial charge in [0.15, 0.2) is 0 Å². The third-order valence-corrected chi connectivity index (χ3v) is 5.43. The molecule has 150 valence electrons. The molecule has 1 aliphatic heterocycles. The van der Waals surface area contributed by atoms with Gasteiger partial charge in [-0.3, -0.25) is 14.5 Å². The Morgan fingerprint density at radius 1 is 1.32 bits per heavy atom. The maximum Gasteiger partial charge on any atom is 0.325 e. The fraction of sp³-hybridized carbons (Fsp3) is 0.524. The van der Waals surface area contributed by atoms with Crippen LogP contribution in [0.2, 0.25) is 0 Å². The maximum absolute atomic E-state index is 13.0. The van der Waals surface area contributed by atoms with E-state index in [1.165, 1.54) is 0 Å². The molecule has 1 saturated heterocycles. The molecule has 28 heavy (non-hydrogen) atoms. The van der Waals surface area contributed by atoms with E-state index in [0.717, 1.165) is 23.3 Å². The lowest BCUT2D eigenvalue weighted by molar-refractivity contribution is -0.135. The molecule has 1 aliphatic rings. The smallest absolute Gasteiger partial charge is 0.325 e. The largest absolute Gasteiger partial charge is 0.336 e. The lowest BCUT2D eigenvalue weighted by Gasteiger charge is -2.28. The van der Waals surface area contributed by atoms with Crippen LogP contribution in [0.5, 0.6) is 0 Å². The topological polar surface area (TPSA) is 102 Å². The highest BCUT2D eigenvalue weighted by molar-refractivity contribution is 6.09. The fourth-order valence-corrected chi connectivity index (χ4v) is 3.10. The standard InChI is InChI=1S/C21H28N4O3/c1-6-7-15-8-10-16(11-9-15)21(5)18(27)25(19(28)24-21)12-17(26)23-20(4,13-22)14(2)3/h8-11,14H,6-7,12H2,1-5H3,(H,23,26)(H,24,28)/t20-,21+/m1/s1. The highest BCUT2D eigenvalue weighted by atomic mass is 16.2. The summed E-state index contributed by atoms with van der Waals surface area (Å²) in [5, 5.41) is 14.7. The molecule has 0 radical (unpaired) electrons. The summed E-state index contributed by atoms with van der Waals surface area (Å²) in [6.07, 6.45) is 1.96. The molecule has 0 unspecified atom stereocenters. The summed E-state index contributed by atoms with van der Waals surface area (Å²) in [5.41, 5.74) is -0.474. The predicted molar refractivity (Wildman–Crippen MR) is 105 cm³/mol. The van der Waals surface area contributed by atoms with Crippen molar-refractivity contribution in [3.63, 3.8) is 0 Å². The number of hydrogen-bond acceptors (Lipinski definition) is 4. The Morgan fingerprint density at radius 3 is 2.43 bits per heavy atom. The minimum absolute atomic E-state index is 0.128. The summed E-state index contributed by atoms with van der Waals surface area (Å²) in [4.78, 5) is 38.6. The average molecular weight is 384 g/mol. The van der Waals surface area contributed by atoms with Crippen molar-refractivity contribution in [3.05, 3.63) is 35.4 Å². The van der Waals surface area contributed by atoms with Crippen molar-refractivity contribution in [2.75, 3.05) is 6.54 Å². The van der Waals surface area contributed by atoms with Crippen molar-refractivity contribution in [1.29, 1.82) is 5.26 Å². The number of imide groups is 1. The molecule has 1 aromatic carbocycles. The van der Waals surface area contributed by atoms with Crippen molar-refractivity contribution >= 4 is 17.8 Å². The van der Waals surface area contributed by atoms with Crippen LogP contribution in [0.1, 0.15) is 52.2 Å². The van der Waals surface area contributed by atoms with Crippen LogP contribution in [0, 0.1) is 17.2 Å². The molecule has 0 aliphatic carbocycles. The molecule has 0 spiro atoms. The van der Waals surface area contributed by atoms with Gasteiger partial charge in [0.2, 0.25) is 5.91 Å². The van der Waals surface area contributed by atoms with Gasteiger partial charge in [0.05, 0.1) is 6.07 Å². The number of rotatable bonds is 7. The van der Waals surface area contributed by atoms with Crippen LogP contribution in [-0.4, -0.2) is 34.8 Å². The summed E-state index contributed by atoms with van der Waals surface area (Å²) in [7, 11) is 0. The van der Waals surface area contributed by atoms with Gasteiger partial charge in [-0.25, -0.2) is 4.79 Å². The van der Waals surface area contributed by atoms with Crippen molar-refractivity contribution < 1.29 is 14.4 Å². The first-order chi connectivity index (χ1) is 13.1. The highest BCUT2D eigenvalue weighted by Gasteiger charge is 2.49. The van der Waals surface area contributed by atoms with Gasteiger partial charge in [0.1, 0.15) is 17.6 Å². The van der Waals surface area contributed by atoms with Crippen molar-refractivity contribution in [3.8, 4) is 6.07 Å². The van der Waals surface area contributed by atoms with E-state index in [1.807, 2.05) is 38.1 Å². The molecule has 0 saturated carbocycles. The van der Waals surface area contributed by atoms with E-state index in [9.17, 15) is 19.6 Å². The Labute approximate surface area is 166 Å². The Morgan fingerprint density at radius 2 is 1.93 bits per heavy atom. The molecule has 0 aromatic heterocycles. The quantitative estimate of drug-likeness (QED) is 0.705. The predicted octanol–water partition coefficient (Wildman–Crippen LogP) is 2.46. The minimum atomic E-state index is -1.22. The first-order valence-corrected chi connectivity index (χ1v) is 9.53.